The molecule has 1 aliphatic rings. The fraction of sp³-hybridized carbons (Fsp3) is 0.273. The number of nitrogens with zero attached hydrogens (tertiary/aromatic N) is 2. The van der Waals surface area contributed by atoms with Crippen molar-refractivity contribution in [2.24, 2.45) is 0 Å². The predicted octanol–water partition coefficient (Wildman–Crippen LogP) is 5.49. The molecule has 0 aliphatic carbocycles. The van der Waals surface area contributed by atoms with Crippen molar-refractivity contribution in [2.75, 3.05) is 5.32 Å². The molecule has 4 rings (SSSR count). The molecule has 0 saturated heterocycles. The third-order valence-electron chi connectivity index (χ3n) is 5.08. The van der Waals surface area contributed by atoms with Gasteiger partial charge >= 0.3 is 0 Å². The summed E-state index contributed by atoms with van der Waals surface area (Å²) in [6, 6.07) is 15.5. The summed E-state index contributed by atoms with van der Waals surface area (Å²) in [7, 11) is 0. The molecule has 0 fully saturated rings. The number of rotatable bonds is 3. The molecule has 0 bridgehead atoms. The van der Waals surface area contributed by atoms with Crippen LogP contribution in [0.3, 0.4) is 0 Å². The van der Waals surface area contributed by atoms with Crippen LogP contribution in [0.2, 0.25) is 5.02 Å². The number of imidazole rings is 1. The standard InChI is InChI=1S/C22H22ClN3O/c1-15-7-4-5-8-18(15)24-22(27)20-19-9-3-2-6-14-26(19)21(25-20)16-10-12-17(23)13-11-16/h4-5,7-8,10-13H,2-3,6,9,14H2,1H3,(H,24,27). The Kier molecular flexibility index (Phi) is 4.99. The van der Waals surface area contributed by atoms with Crippen LogP contribution in [0.5, 0.6) is 0 Å². The van der Waals surface area contributed by atoms with Crippen molar-refractivity contribution in [3.05, 3.63) is 70.5 Å². The van der Waals surface area contributed by atoms with Gasteiger partial charge in [0.1, 0.15) is 11.5 Å². The van der Waals surface area contributed by atoms with Crippen LogP contribution in [0.15, 0.2) is 48.5 Å². The Hall–Kier alpha value is -2.59. The second kappa shape index (κ2) is 7.57. The highest BCUT2D eigenvalue weighted by Gasteiger charge is 2.24. The maximum absolute atomic E-state index is 13.0. The summed E-state index contributed by atoms with van der Waals surface area (Å²) in [5.41, 5.74) is 4.41. The number of aromatic nitrogens is 2. The monoisotopic (exact) mass is 379 g/mol. The van der Waals surface area contributed by atoms with Gasteiger partial charge in [-0.3, -0.25) is 4.79 Å². The van der Waals surface area contributed by atoms with Gasteiger partial charge in [-0.15, -0.1) is 0 Å². The number of hydrogen-bond donors (Lipinski definition) is 1. The number of nitrogens with one attached hydrogen (secondary N) is 1. The molecular weight excluding hydrogens is 358 g/mol. The third kappa shape index (κ3) is 3.62. The summed E-state index contributed by atoms with van der Waals surface area (Å²) in [6.45, 7) is 2.88. The Bertz CT molecular complexity index is 976. The average Bonchev–Trinajstić information content (AvgIpc) is 2.86. The number of hydrogen-bond acceptors (Lipinski definition) is 2. The number of amides is 1. The number of carbonyl (C=O) groups is 1. The van der Waals surface area contributed by atoms with Crippen molar-refractivity contribution in [1.82, 2.24) is 9.55 Å². The van der Waals surface area contributed by atoms with E-state index in [1.165, 1.54) is 6.42 Å². The van der Waals surface area contributed by atoms with Crippen LogP contribution in [0, 0.1) is 6.92 Å². The molecule has 138 valence electrons. The van der Waals surface area contributed by atoms with Gasteiger partial charge in [0.05, 0.1) is 5.69 Å². The normalized spacial score (nSPS) is 13.7. The van der Waals surface area contributed by atoms with Crippen LogP contribution in [0.4, 0.5) is 5.69 Å². The summed E-state index contributed by atoms with van der Waals surface area (Å²) in [5, 5.41) is 3.73. The van der Waals surface area contributed by atoms with E-state index < -0.39 is 0 Å². The van der Waals surface area contributed by atoms with Crippen molar-refractivity contribution < 1.29 is 4.79 Å². The first-order chi connectivity index (χ1) is 13.1. The smallest absolute Gasteiger partial charge is 0.276 e. The van der Waals surface area contributed by atoms with Crippen molar-refractivity contribution in [1.29, 1.82) is 0 Å². The van der Waals surface area contributed by atoms with Gasteiger partial charge in [0.25, 0.3) is 5.91 Å². The van der Waals surface area contributed by atoms with Gasteiger partial charge in [-0.25, -0.2) is 4.98 Å². The van der Waals surface area contributed by atoms with E-state index in [0.29, 0.717) is 10.7 Å². The van der Waals surface area contributed by atoms with Crippen LogP contribution in [-0.2, 0) is 13.0 Å². The van der Waals surface area contributed by atoms with E-state index in [-0.39, 0.29) is 5.91 Å². The minimum Gasteiger partial charge on any atom is -0.327 e. The first-order valence-electron chi connectivity index (χ1n) is 9.36. The largest absolute Gasteiger partial charge is 0.327 e. The summed E-state index contributed by atoms with van der Waals surface area (Å²) in [5.74, 6) is 0.702. The van der Waals surface area contributed by atoms with E-state index in [2.05, 4.69) is 9.88 Å². The van der Waals surface area contributed by atoms with Crippen LogP contribution < -0.4 is 5.32 Å². The van der Waals surface area contributed by atoms with Gasteiger partial charge in [0.15, 0.2) is 0 Å². The molecule has 0 radical (unpaired) electrons. The number of aryl methyl sites for hydroxylation is 1. The van der Waals surface area contributed by atoms with Gasteiger partial charge in [-0.1, -0.05) is 36.2 Å². The van der Waals surface area contributed by atoms with Gasteiger partial charge in [0, 0.05) is 22.8 Å². The van der Waals surface area contributed by atoms with Gasteiger partial charge < -0.3 is 9.88 Å². The SMILES string of the molecule is Cc1ccccc1NC(=O)c1nc(-c2ccc(Cl)cc2)n2c1CCCCC2. The fourth-order valence-corrected chi connectivity index (χ4v) is 3.74. The van der Waals surface area contributed by atoms with Crippen LogP contribution in [0.25, 0.3) is 11.4 Å². The first kappa shape index (κ1) is 17.8. The molecule has 1 N–H and O–H groups in total. The zero-order chi connectivity index (χ0) is 18.8. The summed E-state index contributed by atoms with van der Waals surface area (Å²) in [6.07, 6.45) is 4.22. The van der Waals surface area contributed by atoms with Crippen molar-refractivity contribution in [2.45, 2.75) is 39.2 Å². The lowest BCUT2D eigenvalue weighted by atomic mass is 10.1. The molecule has 0 spiro atoms. The Morgan fingerprint density at radius 1 is 1.07 bits per heavy atom. The minimum atomic E-state index is -0.143. The van der Waals surface area contributed by atoms with Crippen molar-refractivity contribution in [3.8, 4) is 11.4 Å². The molecular formula is C22H22ClN3O. The van der Waals surface area contributed by atoms with E-state index in [1.54, 1.807) is 0 Å². The molecule has 5 heteroatoms. The van der Waals surface area contributed by atoms with Gasteiger partial charge in [-0.05, 0) is 62.1 Å². The van der Waals surface area contributed by atoms with Crippen molar-refractivity contribution >= 4 is 23.2 Å². The Labute approximate surface area is 164 Å². The van der Waals surface area contributed by atoms with Gasteiger partial charge in [-0.2, -0.15) is 0 Å². The highest BCUT2D eigenvalue weighted by atomic mass is 35.5. The highest BCUT2D eigenvalue weighted by Crippen LogP contribution is 2.28. The molecule has 1 aromatic heterocycles. The maximum atomic E-state index is 13.0. The molecule has 3 aromatic rings. The first-order valence-corrected chi connectivity index (χ1v) is 9.73. The lowest BCUT2D eigenvalue weighted by Crippen LogP contribution is -2.16. The lowest BCUT2D eigenvalue weighted by Gasteiger charge is -2.10. The number of benzene rings is 2. The minimum absolute atomic E-state index is 0.143. The van der Waals surface area contributed by atoms with E-state index in [9.17, 15) is 4.79 Å². The Balaban J connectivity index is 1.75. The predicted molar refractivity (Wildman–Crippen MR) is 109 cm³/mol. The summed E-state index contributed by atoms with van der Waals surface area (Å²) in [4.78, 5) is 17.8. The molecule has 2 aromatic carbocycles. The average molecular weight is 380 g/mol. The van der Waals surface area contributed by atoms with E-state index in [1.807, 2.05) is 55.5 Å². The van der Waals surface area contributed by atoms with Crippen LogP contribution >= 0.6 is 11.6 Å². The second-order valence-corrected chi connectivity index (χ2v) is 7.41. The number of para-hydroxylation sites is 1. The van der Waals surface area contributed by atoms with Gasteiger partial charge in [0.2, 0.25) is 0 Å². The van der Waals surface area contributed by atoms with E-state index in [0.717, 1.165) is 54.1 Å². The summed E-state index contributed by atoms with van der Waals surface area (Å²) >= 11 is 6.04. The molecule has 0 atom stereocenters. The summed E-state index contributed by atoms with van der Waals surface area (Å²) < 4.78 is 2.21. The van der Waals surface area contributed by atoms with Crippen molar-refractivity contribution in [3.63, 3.8) is 0 Å². The maximum Gasteiger partial charge on any atom is 0.276 e. The molecule has 4 nitrogen and oxygen atoms in total. The lowest BCUT2D eigenvalue weighted by molar-refractivity contribution is 0.102. The number of halogens is 1. The number of anilines is 1. The molecule has 0 unspecified atom stereocenters. The quantitative estimate of drug-likeness (QED) is 0.654. The van der Waals surface area contributed by atoms with Crippen LogP contribution in [-0.4, -0.2) is 15.5 Å². The fourth-order valence-electron chi connectivity index (χ4n) is 3.62. The van der Waals surface area contributed by atoms with E-state index >= 15 is 0 Å². The highest BCUT2D eigenvalue weighted by molar-refractivity contribution is 6.30. The molecule has 2 heterocycles. The topological polar surface area (TPSA) is 46.9 Å². The Morgan fingerprint density at radius 3 is 2.63 bits per heavy atom. The second-order valence-electron chi connectivity index (χ2n) is 6.97. The van der Waals surface area contributed by atoms with E-state index in [4.69, 9.17) is 16.6 Å². The third-order valence-corrected chi connectivity index (χ3v) is 5.33. The zero-order valence-corrected chi connectivity index (χ0v) is 16.1. The van der Waals surface area contributed by atoms with Crippen LogP contribution in [0.1, 0.15) is 41.0 Å². The molecule has 1 aliphatic heterocycles. The number of carbonyl (C=O) groups excluding carboxylic acids is 1. The number of fused-ring (bicyclic) bond motifs is 1. The Morgan fingerprint density at radius 2 is 1.85 bits per heavy atom. The molecule has 1 amide bonds. The molecule has 0 saturated carbocycles. The zero-order valence-electron chi connectivity index (χ0n) is 15.3. The molecule has 27 heavy (non-hydrogen) atoms.